The first kappa shape index (κ1) is 36.9. The minimum Gasteiger partial charge on any atom is -0.482 e. The number of ether oxygens (including phenoxy) is 4. The average molecular weight is 695 g/mol. The number of carbonyl (C=O) groups is 4. The molecule has 0 radical (unpaired) electrons. The van der Waals surface area contributed by atoms with Crippen molar-refractivity contribution in [1.82, 2.24) is 15.2 Å². The van der Waals surface area contributed by atoms with Crippen LogP contribution < -0.4 is 15.0 Å². The van der Waals surface area contributed by atoms with Crippen molar-refractivity contribution in [3.63, 3.8) is 0 Å². The summed E-state index contributed by atoms with van der Waals surface area (Å²) in [5.74, 6) is -3.08. The summed E-state index contributed by atoms with van der Waals surface area (Å²) in [6, 6.07) is 6.21. The molecule has 0 saturated carbocycles. The van der Waals surface area contributed by atoms with Gasteiger partial charge < -0.3 is 24.3 Å². The zero-order chi connectivity index (χ0) is 35.3. The molecule has 16 heteroatoms. The van der Waals surface area contributed by atoms with E-state index in [0.29, 0.717) is 4.90 Å². The smallest absolute Gasteiger partial charge is 0.425 e. The summed E-state index contributed by atoms with van der Waals surface area (Å²) in [6.07, 6.45) is -2.27. The number of amides is 3. The van der Waals surface area contributed by atoms with E-state index in [1.807, 2.05) is 0 Å². The number of carbonyl (C=O) groups excluding carboxylic acids is 4. The van der Waals surface area contributed by atoms with Crippen molar-refractivity contribution in [3.8, 4) is 5.75 Å². The van der Waals surface area contributed by atoms with Crippen LogP contribution in [0.1, 0.15) is 88.0 Å². The first-order valence-corrected chi connectivity index (χ1v) is 14.9. The SMILES string of the molecule is CCOC(=O)c1ccc(NC(=O)c2cc(OC(C)c3c(Cl)ccc(F)c3Cl)c(N(C(=O)OC(C)(C)C)C(=O)OC(C)(C)C)nn2)cn1. The van der Waals surface area contributed by atoms with Gasteiger partial charge in [0.05, 0.1) is 23.5 Å². The number of hydrogen-bond donors (Lipinski definition) is 1. The normalized spacial score (nSPS) is 12.1. The van der Waals surface area contributed by atoms with Crippen LogP contribution >= 0.6 is 23.2 Å². The van der Waals surface area contributed by atoms with Gasteiger partial charge in [0.25, 0.3) is 5.91 Å². The van der Waals surface area contributed by atoms with Crippen molar-refractivity contribution >= 4 is 58.8 Å². The summed E-state index contributed by atoms with van der Waals surface area (Å²) in [7, 11) is 0. The number of pyridine rings is 1. The fraction of sp³-hybridized carbons (Fsp3) is 0.387. The molecule has 1 N–H and O–H groups in total. The highest BCUT2D eigenvalue weighted by Gasteiger charge is 2.37. The molecule has 0 bridgehead atoms. The molecule has 0 saturated heterocycles. The van der Waals surface area contributed by atoms with E-state index in [-0.39, 0.29) is 45.0 Å². The summed E-state index contributed by atoms with van der Waals surface area (Å²) >= 11 is 12.5. The molecule has 0 spiro atoms. The van der Waals surface area contributed by atoms with Crippen LogP contribution in [-0.4, -0.2) is 57.1 Å². The van der Waals surface area contributed by atoms with Crippen LogP contribution in [-0.2, 0) is 14.2 Å². The van der Waals surface area contributed by atoms with Gasteiger partial charge in [-0.1, -0.05) is 23.2 Å². The van der Waals surface area contributed by atoms with Gasteiger partial charge >= 0.3 is 18.2 Å². The molecule has 3 amide bonds. The Morgan fingerprint density at radius 2 is 1.55 bits per heavy atom. The largest absolute Gasteiger partial charge is 0.482 e. The minimum atomic E-state index is -1.19. The van der Waals surface area contributed by atoms with Gasteiger partial charge in [0.2, 0.25) is 5.82 Å². The van der Waals surface area contributed by atoms with E-state index in [1.54, 1.807) is 48.5 Å². The maximum Gasteiger partial charge on any atom is 0.425 e. The molecule has 0 aliphatic carbocycles. The fourth-order valence-corrected chi connectivity index (χ4v) is 4.41. The van der Waals surface area contributed by atoms with Gasteiger partial charge in [-0.05, 0) is 79.7 Å². The second kappa shape index (κ2) is 14.9. The maximum absolute atomic E-state index is 14.4. The number of anilines is 2. The highest BCUT2D eigenvalue weighted by atomic mass is 35.5. The van der Waals surface area contributed by atoms with Gasteiger partial charge in [-0.3, -0.25) is 4.79 Å². The van der Waals surface area contributed by atoms with E-state index in [2.05, 4.69) is 20.5 Å². The third-order valence-electron chi connectivity index (χ3n) is 5.63. The molecule has 3 rings (SSSR count). The monoisotopic (exact) mass is 693 g/mol. The highest BCUT2D eigenvalue weighted by molar-refractivity contribution is 6.36. The predicted octanol–water partition coefficient (Wildman–Crippen LogP) is 7.56. The Morgan fingerprint density at radius 1 is 0.936 bits per heavy atom. The Balaban J connectivity index is 2.11. The summed E-state index contributed by atoms with van der Waals surface area (Å²) in [5.41, 5.74) is -2.20. The van der Waals surface area contributed by atoms with Crippen LogP contribution in [0.15, 0.2) is 36.5 Å². The van der Waals surface area contributed by atoms with Crippen LogP contribution in [0, 0.1) is 5.82 Å². The number of nitrogens with zero attached hydrogens (tertiary/aromatic N) is 4. The van der Waals surface area contributed by atoms with Crippen molar-refractivity contribution in [2.75, 3.05) is 16.8 Å². The van der Waals surface area contributed by atoms with E-state index in [0.717, 1.165) is 12.1 Å². The Morgan fingerprint density at radius 3 is 2.09 bits per heavy atom. The molecule has 13 nitrogen and oxygen atoms in total. The Hall–Kier alpha value is -4.56. The van der Waals surface area contributed by atoms with Crippen LogP contribution in [0.5, 0.6) is 5.75 Å². The number of benzene rings is 1. The summed E-state index contributed by atoms with van der Waals surface area (Å²) in [4.78, 5) is 56.4. The Kier molecular flexibility index (Phi) is 11.7. The second-order valence-electron chi connectivity index (χ2n) is 11.8. The van der Waals surface area contributed by atoms with Crippen molar-refractivity contribution in [3.05, 3.63) is 69.3 Å². The van der Waals surface area contributed by atoms with E-state index in [4.69, 9.17) is 42.1 Å². The molecule has 252 valence electrons. The van der Waals surface area contributed by atoms with Crippen LogP contribution in [0.4, 0.5) is 25.5 Å². The first-order valence-electron chi connectivity index (χ1n) is 14.2. The van der Waals surface area contributed by atoms with Crippen LogP contribution in [0.25, 0.3) is 0 Å². The zero-order valence-corrected chi connectivity index (χ0v) is 28.4. The molecule has 2 aromatic heterocycles. The second-order valence-corrected chi connectivity index (χ2v) is 12.6. The minimum absolute atomic E-state index is 0.0257. The standard InChI is InChI=1S/C31H34Cl2FN5O8/c1-9-44-27(41)20-13-10-17(15-35-20)36-26(40)21-14-22(45-16(2)23-18(32)11-12-19(34)24(23)33)25(38-37-21)39(28(42)46-30(3,4)5)29(43)47-31(6,7)8/h10-16H,9H2,1-8H3,(H,36,40). The molecule has 2 heterocycles. The van der Waals surface area contributed by atoms with Crippen LogP contribution in [0.3, 0.4) is 0 Å². The van der Waals surface area contributed by atoms with Crippen molar-refractivity contribution in [2.24, 2.45) is 0 Å². The number of rotatable bonds is 8. The lowest BCUT2D eigenvalue weighted by Crippen LogP contribution is -2.44. The molecule has 3 aromatic rings. The zero-order valence-electron chi connectivity index (χ0n) is 26.9. The molecular formula is C31H34Cl2FN5O8. The van der Waals surface area contributed by atoms with E-state index in [9.17, 15) is 23.6 Å². The molecule has 1 aromatic carbocycles. The van der Waals surface area contributed by atoms with Crippen LogP contribution in [0.2, 0.25) is 10.0 Å². The van der Waals surface area contributed by atoms with Crippen molar-refractivity contribution in [1.29, 1.82) is 0 Å². The van der Waals surface area contributed by atoms with Crippen molar-refractivity contribution in [2.45, 2.75) is 72.7 Å². The Bertz CT molecular complexity index is 1630. The number of imide groups is 1. The summed E-state index contributed by atoms with van der Waals surface area (Å²) in [5, 5.41) is 10.2. The molecule has 0 fully saturated rings. The van der Waals surface area contributed by atoms with Crippen molar-refractivity contribution < 1.29 is 42.5 Å². The van der Waals surface area contributed by atoms with Gasteiger partial charge in [0.1, 0.15) is 28.8 Å². The van der Waals surface area contributed by atoms with Gasteiger partial charge in [0, 0.05) is 16.7 Å². The molecule has 1 atom stereocenters. The van der Waals surface area contributed by atoms with Gasteiger partial charge in [-0.2, -0.15) is 4.90 Å². The number of aromatic nitrogens is 3. The summed E-state index contributed by atoms with van der Waals surface area (Å²) in [6.45, 7) is 12.8. The summed E-state index contributed by atoms with van der Waals surface area (Å²) < 4.78 is 36.2. The lowest BCUT2D eigenvalue weighted by atomic mass is 10.1. The highest BCUT2D eigenvalue weighted by Crippen LogP contribution is 2.38. The third kappa shape index (κ3) is 9.96. The number of halogens is 3. The molecule has 1 unspecified atom stereocenters. The molecule has 0 aliphatic heterocycles. The first-order chi connectivity index (χ1) is 21.8. The maximum atomic E-state index is 14.4. The fourth-order valence-electron chi connectivity index (χ4n) is 3.74. The third-order valence-corrected chi connectivity index (χ3v) is 6.35. The quantitative estimate of drug-likeness (QED) is 0.141. The number of hydrogen-bond acceptors (Lipinski definition) is 11. The number of esters is 1. The number of nitrogens with one attached hydrogen (secondary N) is 1. The average Bonchev–Trinajstić information content (AvgIpc) is 2.94. The molecule has 47 heavy (non-hydrogen) atoms. The lowest BCUT2D eigenvalue weighted by Gasteiger charge is -2.29. The predicted molar refractivity (Wildman–Crippen MR) is 171 cm³/mol. The molecule has 0 aliphatic rings. The van der Waals surface area contributed by atoms with Gasteiger partial charge in [-0.25, -0.2) is 23.8 Å². The van der Waals surface area contributed by atoms with Gasteiger partial charge in [0.15, 0.2) is 11.4 Å². The topological polar surface area (TPSA) is 159 Å². The van der Waals surface area contributed by atoms with E-state index < -0.39 is 53.0 Å². The van der Waals surface area contributed by atoms with E-state index >= 15 is 0 Å². The Labute approximate surface area is 280 Å². The van der Waals surface area contributed by atoms with E-state index in [1.165, 1.54) is 31.3 Å². The molecular weight excluding hydrogens is 660 g/mol. The van der Waals surface area contributed by atoms with Gasteiger partial charge in [-0.15, -0.1) is 10.2 Å². The lowest BCUT2D eigenvalue weighted by molar-refractivity contribution is 0.0423.